The van der Waals surface area contributed by atoms with E-state index in [9.17, 15) is 37.5 Å². The van der Waals surface area contributed by atoms with Gasteiger partial charge in [0.2, 0.25) is 0 Å². The van der Waals surface area contributed by atoms with E-state index in [1.807, 2.05) is 0 Å². The molecule has 0 unspecified atom stereocenters. The number of thiophene rings is 1. The van der Waals surface area contributed by atoms with Gasteiger partial charge in [0.05, 0.1) is 62.3 Å². The zero-order chi connectivity index (χ0) is 34.5. The van der Waals surface area contributed by atoms with Gasteiger partial charge in [-0.1, -0.05) is 11.6 Å². The van der Waals surface area contributed by atoms with Gasteiger partial charge in [-0.2, -0.15) is 18.4 Å². The monoisotopic (exact) mass is 694 g/mol. The molecule has 48 heavy (non-hydrogen) atoms. The molecule has 6 aromatic rings. The second-order valence-electron chi connectivity index (χ2n) is 10.5. The Morgan fingerprint density at radius 2 is 1.85 bits per heavy atom. The van der Waals surface area contributed by atoms with Gasteiger partial charge < -0.3 is 9.84 Å². The summed E-state index contributed by atoms with van der Waals surface area (Å²) in [7, 11) is 0. The fourth-order valence-corrected chi connectivity index (χ4v) is 6.52. The number of carboxylic acids is 1. The third kappa shape index (κ3) is 5.80. The number of hydrogen-bond acceptors (Lipinski definition) is 9. The molecule has 6 rings (SSSR count). The molecule has 4 heterocycles. The molecular weight excluding hydrogens is 676 g/mol. The lowest BCUT2D eigenvalue weighted by atomic mass is 9.96. The number of benzene rings is 2. The molecule has 10 nitrogen and oxygen atoms in total. The van der Waals surface area contributed by atoms with E-state index >= 15 is 0 Å². The second-order valence-corrected chi connectivity index (χ2v) is 11.8. The van der Waals surface area contributed by atoms with Gasteiger partial charge >= 0.3 is 12.1 Å². The number of carbonyl (C=O) groups is 1. The van der Waals surface area contributed by atoms with Crippen molar-refractivity contribution in [1.29, 1.82) is 5.26 Å². The van der Waals surface area contributed by atoms with Gasteiger partial charge in [0.15, 0.2) is 11.6 Å². The quantitative estimate of drug-likeness (QED) is 0.171. The summed E-state index contributed by atoms with van der Waals surface area (Å²) < 4.78 is 63.9. The minimum Gasteiger partial charge on any atom is -0.491 e. The number of aromatic nitrogens is 5. The highest BCUT2D eigenvalue weighted by Gasteiger charge is 2.38. The average molecular weight is 695 g/mol. The molecule has 0 saturated heterocycles. The van der Waals surface area contributed by atoms with E-state index < -0.39 is 51.4 Å². The number of hydrogen-bond donors (Lipinski definition) is 1. The predicted molar refractivity (Wildman–Crippen MR) is 169 cm³/mol. The maximum atomic E-state index is 14.2. The first-order valence-electron chi connectivity index (χ1n) is 13.9. The Bertz CT molecular complexity index is 2390. The number of carboxylic acid groups (broad SMARTS) is 1. The summed E-state index contributed by atoms with van der Waals surface area (Å²) in [5, 5.41) is 21.1. The normalized spacial score (nSPS) is 11.6. The van der Waals surface area contributed by atoms with Crippen LogP contribution in [0.25, 0.3) is 43.6 Å². The standard InChI is InChI=1S/C32H19ClF4N6O4S/c1-14-7-19(28-27(41-14)21(13-48-28)31(45)46)18-8-16(33)3-4-24(18)47-6-5-43-15(2)42-23-9-22(32(35,36)37)25(20(10-38)26(23)30(43)44)29-39-11-17(34)12-40-29/h3-4,7-9,11-13H,5-6H2,1-2H3,(H,45,46). The number of aromatic carboxylic acids is 1. The molecule has 0 bridgehead atoms. The van der Waals surface area contributed by atoms with Crippen molar-refractivity contribution in [3.63, 3.8) is 0 Å². The summed E-state index contributed by atoms with van der Waals surface area (Å²) in [4.78, 5) is 41.5. The van der Waals surface area contributed by atoms with Crippen molar-refractivity contribution in [3.05, 3.63) is 97.5 Å². The number of fused-ring (bicyclic) bond motifs is 2. The van der Waals surface area contributed by atoms with E-state index in [-0.39, 0.29) is 30.1 Å². The molecule has 0 aliphatic heterocycles. The van der Waals surface area contributed by atoms with Crippen molar-refractivity contribution < 1.29 is 32.2 Å². The van der Waals surface area contributed by atoms with Gasteiger partial charge in [-0.25, -0.2) is 24.1 Å². The molecule has 242 valence electrons. The Morgan fingerprint density at radius 3 is 2.52 bits per heavy atom. The number of ether oxygens (including phenoxy) is 1. The first-order valence-corrected chi connectivity index (χ1v) is 15.1. The lowest BCUT2D eigenvalue weighted by Crippen LogP contribution is -2.28. The Balaban J connectivity index is 1.41. The molecular formula is C32H19ClF4N6O4S. The predicted octanol–water partition coefficient (Wildman–Crippen LogP) is 7.21. The number of halogens is 5. The van der Waals surface area contributed by atoms with E-state index in [1.54, 1.807) is 37.3 Å². The molecule has 2 aromatic carbocycles. The van der Waals surface area contributed by atoms with Crippen LogP contribution in [0.3, 0.4) is 0 Å². The van der Waals surface area contributed by atoms with Crippen LogP contribution in [-0.2, 0) is 12.7 Å². The summed E-state index contributed by atoms with van der Waals surface area (Å²) >= 11 is 7.53. The summed E-state index contributed by atoms with van der Waals surface area (Å²) in [5.74, 6) is -2.21. The summed E-state index contributed by atoms with van der Waals surface area (Å²) in [6.07, 6.45) is -3.67. The van der Waals surface area contributed by atoms with E-state index in [1.165, 1.54) is 23.6 Å². The van der Waals surface area contributed by atoms with Gasteiger partial charge in [-0.05, 0) is 44.2 Å². The van der Waals surface area contributed by atoms with Crippen molar-refractivity contribution >= 4 is 50.0 Å². The van der Waals surface area contributed by atoms with Gasteiger partial charge in [0.25, 0.3) is 5.56 Å². The van der Waals surface area contributed by atoms with Crippen LogP contribution in [0, 0.1) is 31.0 Å². The zero-order valence-electron chi connectivity index (χ0n) is 24.7. The van der Waals surface area contributed by atoms with Crippen molar-refractivity contribution in [2.75, 3.05) is 6.61 Å². The molecule has 0 aliphatic carbocycles. The Morgan fingerprint density at radius 1 is 1.12 bits per heavy atom. The fourth-order valence-electron chi connectivity index (χ4n) is 5.34. The van der Waals surface area contributed by atoms with E-state index in [2.05, 4.69) is 19.9 Å². The molecule has 1 N–H and O–H groups in total. The van der Waals surface area contributed by atoms with Crippen LogP contribution >= 0.6 is 22.9 Å². The average Bonchev–Trinajstić information content (AvgIpc) is 3.46. The number of pyridine rings is 1. The van der Waals surface area contributed by atoms with Crippen LogP contribution in [0.2, 0.25) is 5.02 Å². The summed E-state index contributed by atoms with van der Waals surface area (Å²) in [5.41, 5.74) is -1.82. The molecule has 0 fully saturated rings. The van der Waals surface area contributed by atoms with E-state index in [4.69, 9.17) is 16.3 Å². The minimum absolute atomic E-state index is 0.0522. The van der Waals surface area contributed by atoms with Gasteiger partial charge in [0, 0.05) is 27.2 Å². The SMILES string of the molecule is Cc1cc(-c2cc(Cl)ccc2OCCn2c(C)nc3cc(C(F)(F)F)c(-c4ncc(F)cn4)c(C#N)c3c2=O)c2scc(C(=O)O)c2n1. The summed E-state index contributed by atoms with van der Waals surface area (Å²) in [6.45, 7) is 2.89. The largest absolute Gasteiger partial charge is 0.491 e. The lowest BCUT2D eigenvalue weighted by molar-refractivity contribution is -0.137. The summed E-state index contributed by atoms with van der Waals surface area (Å²) in [6, 6.07) is 8.95. The smallest absolute Gasteiger partial charge is 0.417 e. The van der Waals surface area contributed by atoms with E-state index in [0.717, 1.165) is 4.57 Å². The van der Waals surface area contributed by atoms with Crippen molar-refractivity contribution in [3.8, 4) is 34.3 Å². The van der Waals surface area contributed by atoms with Crippen LogP contribution in [0.5, 0.6) is 5.75 Å². The van der Waals surface area contributed by atoms with Crippen LogP contribution in [-0.4, -0.2) is 42.2 Å². The van der Waals surface area contributed by atoms with Gasteiger partial charge in [-0.15, -0.1) is 11.3 Å². The third-order valence-electron chi connectivity index (χ3n) is 7.39. The van der Waals surface area contributed by atoms with Gasteiger partial charge in [0.1, 0.15) is 24.3 Å². The minimum atomic E-state index is -4.99. The van der Waals surface area contributed by atoms with Crippen LogP contribution in [0.15, 0.2) is 52.9 Å². The highest BCUT2D eigenvalue weighted by atomic mass is 35.5. The molecule has 0 saturated carbocycles. The first kappa shape index (κ1) is 32.5. The van der Waals surface area contributed by atoms with Crippen LogP contribution in [0.1, 0.15) is 33.0 Å². The van der Waals surface area contributed by atoms with Crippen molar-refractivity contribution in [2.24, 2.45) is 0 Å². The molecule has 4 aromatic heterocycles. The molecule has 0 aliphatic rings. The third-order valence-corrected chi connectivity index (χ3v) is 8.62. The Labute approximate surface area is 276 Å². The highest BCUT2D eigenvalue weighted by molar-refractivity contribution is 7.18. The number of alkyl halides is 3. The number of rotatable bonds is 7. The number of nitrogens with zero attached hydrogens (tertiary/aromatic N) is 6. The van der Waals surface area contributed by atoms with Gasteiger partial charge in [-0.3, -0.25) is 14.3 Å². The fraction of sp³-hybridized carbons (Fsp3) is 0.156. The Kier molecular flexibility index (Phi) is 8.31. The van der Waals surface area contributed by atoms with Crippen molar-refractivity contribution in [1.82, 2.24) is 24.5 Å². The second kappa shape index (κ2) is 12.3. The molecule has 0 atom stereocenters. The maximum Gasteiger partial charge on any atom is 0.417 e. The Hall–Kier alpha value is -5.46. The molecule has 0 radical (unpaired) electrons. The maximum absolute atomic E-state index is 14.2. The van der Waals surface area contributed by atoms with E-state index in [0.29, 0.717) is 56.3 Å². The topological polar surface area (TPSA) is 144 Å². The first-order chi connectivity index (χ1) is 22.8. The number of nitriles is 1. The molecule has 0 spiro atoms. The molecule has 0 amide bonds. The zero-order valence-corrected chi connectivity index (χ0v) is 26.3. The van der Waals surface area contributed by atoms with Crippen LogP contribution < -0.4 is 10.3 Å². The highest BCUT2D eigenvalue weighted by Crippen LogP contribution is 2.41. The lowest BCUT2D eigenvalue weighted by Gasteiger charge is -2.18. The molecule has 16 heteroatoms. The van der Waals surface area contributed by atoms with Crippen LogP contribution in [0.4, 0.5) is 17.6 Å². The number of aryl methyl sites for hydroxylation is 2. The van der Waals surface area contributed by atoms with Crippen molar-refractivity contribution in [2.45, 2.75) is 26.6 Å².